The molecule has 1 aromatic heterocycles. The van der Waals surface area contributed by atoms with Crippen LogP contribution in [0.2, 0.25) is 0 Å². The molecular weight excluding hydrogens is 300 g/mol. The number of aromatic nitrogens is 2. The van der Waals surface area contributed by atoms with Gasteiger partial charge in [0.1, 0.15) is 5.75 Å². The second kappa shape index (κ2) is 7.52. The molecule has 0 bridgehead atoms. The third-order valence-corrected chi connectivity index (χ3v) is 3.09. The maximum absolute atomic E-state index is 12.1. The topological polar surface area (TPSA) is 131 Å². The number of amides is 1. The predicted octanol–water partition coefficient (Wildman–Crippen LogP) is -0.183. The number of nitrogen functional groups attached to an aromatic ring is 1. The van der Waals surface area contributed by atoms with E-state index in [4.69, 9.17) is 15.6 Å². The number of benzene rings is 1. The molecule has 2 rings (SSSR count). The highest BCUT2D eigenvalue weighted by Crippen LogP contribution is 2.22. The Morgan fingerprint density at radius 3 is 2.96 bits per heavy atom. The van der Waals surface area contributed by atoms with E-state index in [1.165, 1.54) is 6.20 Å². The minimum atomic E-state index is -1.05. The summed E-state index contributed by atoms with van der Waals surface area (Å²) in [4.78, 5) is 20.3. The van der Waals surface area contributed by atoms with Gasteiger partial charge in [-0.15, -0.1) is 0 Å². The average molecular weight is 318 g/mol. The number of anilines is 1. The summed E-state index contributed by atoms with van der Waals surface area (Å²) in [5.41, 5.74) is 6.83. The first-order chi connectivity index (χ1) is 11.0. The number of methoxy groups -OCH3 is 1. The maximum Gasteiger partial charge on any atom is 0.273 e. The SMILES string of the molecule is COc1cccc(-c2cnc(N)c(C(=O)NC[C@@H](O)CO)n2)c1. The smallest absolute Gasteiger partial charge is 0.273 e. The van der Waals surface area contributed by atoms with Crippen molar-refractivity contribution in [3.8, 4) is 17.0 Å². The first-order valence-electron chi connectivity index (χ1n) is 6.89. The Morgan fingerprint density at radius 1 is 1.48 bits per heavy atom. The fourth-order valence-corrected chi connectivity index (χ4v) is 1.85. The number of nitrogens with zero attached hydrogens (tertiary/aromatic N) is 2. The largest absolute Gasteiger partial charge is 0.497 e. The fourth-order valence-electron chi connectivity index (χ4n) is 1.85. The number of hydrogen-bond donors (Lipinski definition) is 4. The highest BCUT2D eigenvalue weighted by atomic mass is 16.5. The third kappa shape index (κ3) is 4.15. The molecular formula is C15H18N4O4. The van der Waals surface area contributed by atoms with Crippen LogP contribution in [-0.2, 0) is 0 Å². The highest BCUT2D eigenvalue weighted by molar-refractivity contribution is 5.96. The number of rotatable bonds is 6. The molecule has 0 aliphatic carbocycles. The van der Waals surface area contributed by atoms with E-state index < -0.39 is 18.6 Å². The van der Waals surface area contributed by atoms with Gasteiger partial charge in [0.15, 0.2) is 11.5 Å². The molecule has 122 valence electrons. The lowest BCUT2D eigenvalue weighted by Crippen LogP contribution is -2.34. The summed E-state index contributed by atoms with van der Waals surface area (Å²) < 4.78 is 5.15. The van der Waals surface area contributed by atoms with Crippen molar-refractivity contribution in [1.29, 1.82) is 0 Å². The van der Waals surface area contributed by atoms with E-state index in [0.29, 0.717) is 11.4 Å². The van der Waals surface area contributed by atoms with Crippen molar-refractivity contribution in [2.45, 2.75) is 6.10 Å². The van der Waals surface area contributed by atoms with Crippen LogP contribution in [0.4, 0.5) is 5.82 Å². The molecule has 1 amide bonds. The van der Waals surface area contributed by atoms with Crippen molar-refractivity contribution >= 4 is 11.7 Å². The number of aliphatic hydroxyl groups excluding tert-OH is 2. The van der Waals surface area contributed by atoms with Crippen molar-refractivity contribution in [3.05, 3.63) is 36.2 Å². The lowest BCUT2D eigenvalue weighted by atomic mass is 10.1. The second-order valence-electron chi connectivity index (χ2n) is 4.77. The van der Waals surface area contributed by atoms with Crippen LogP contribution < -0.4 is 15.8 Å². The molecule has 0 saturated carbocycles. The van der Waals surface area contributed by atoms with Gasteiger partial charge in [-0.05, 0) is 12.1 Å². The number of nitrogens with two attached hydrogens (primary N) is 1. The lowest BCUT2D eigenvalue weighted by molar-refractivity contribution is 0.0799. The highest BCUT2D eigenvalue weighted by Gasteiger charge is 2.16. The van der Waals surface area contributed by atoms with Gasteiger partial charge in [0.25, 0.3) is 5.91 Å². The molecule has 0 unspecified atom stereocenters. The Morgan fingerprint density at radius 2 is 2.26 bits per heavy atom. The van der Waals surface area contributed by atoms with Crippen LogP contribution in [0.15, 0.2) is 30.5 Å². The van der Waals surface area contributed by atoms with Crippen LogP contribution in [-0.4, -0.2) is 52.5 Å². The Kier molecular flexibility index (Phi) is 5.45. The minimum absolute atomic E-state index is 0.0207. The number of aliphatic hydroxyl groups is 2. The van der Waals surface area contributed by atoms with E-state index in [0.717, 1.165) is 5.56 Å². The van der Waals surface area contributed by atoms with E-state index in [1.807, 2.05) is 0 Å². The monoisotopic (exact) mass is 318 g/mol. The van der Waals surface area contributed by atoms with Crippen molar-refractivity contribution in [3.63, 3.8) is 0 Å². The zero-order chi connectivity index (χ0) is 16.8. The summed E-state index contributed by atoms with van der Waals surface area (Å²) in [5, 5.41) is 20.5. The van der Waals surface area contributed by atoms with Gasteiger partial charge in [-0.1, -0.05) is 12.1 Å². The molecule has 0 fully saturated rings. The average Bonchev–Trinajstić information content (AvgIpc) is 2.59. The fraction of sp³-hybridized carbons (Fsp3) is 0.267. The van der Waals surface area contributed by atoms with Gasteiger partial charge in [0.2, 0.25) is 0 Å². The number of ether oxygens (including phenoxy) is 1. The van der Waals surface area contributed by atoms with Gasteiger partial charge in [0.05, 0.1) is 31.7 Å². The molecule has 0 aliphatic heterocycles. The van der Waals surface area contributed by atoms with Crippen molar-refractivity contribution in [1.82, 2.24) is 15.3 Å². The first kappa shape index (κ1) is 16.7. The summed E-state index contributed by atoms with van der Waals surface area (Å²) in [6, 6.07) is 7.15. The minimum Gasteiger partial charge on any atom is -0.497 e. The maximum atomic E-state index is 12.1. The van der Waals surface area contributed by atoms with Crippen LogP contribution in [0.5, 0.6) is 5.75 Å². The summed E-state index contributed by atoms with van der Waals surface area (Å²) in [6.07, 6.45) is 0.415. The van der Waals surface area contributed by atoms with Crippen molar-refractivity contribution in [2.24, 2.45) is 0 Å². The van der Waals surface area contributed by atoms with Gasteiger partial charge in [0, 0.05) is 12.1 Å². The van der Waals surface area contributed by atoms with Crippen LogP contribution in [0, 0.1) is 0 Å². The molecule has 0 saturated heterocycles. The van der Waals surface area contributed by atoms with Crippen LogP contribution in [0.3, 0.4) is 0 Å². The molecule has 1 aromatic carbocycles. The summed E-state index contributed by atoms with van der Waals surface area (Å²) in [6.45, 7) is -0.564. The Bertz CT molecular complexity index is 693. The molecule has 0 aliphatic rings. The van der Waals surface area contributed by atoms with E-state index in [9.17, 15) is 9.90 Å². The second-order valence-corrected chi connectivity index (χ2v) is 4.77. The Hall–Kier alpha value is -2.71. The first-order valence-corrected chi connectivity index (χ1v) is 6.89. The van der Waals surface area contributed by atoms with Gasteiger partial charge < -0.3 is 26.0 Å². The molecule has 0 spiro atoms. The van der Waals surface area contributed by atoms with Gasteiger partial charge >= 0.3 is 0 Å². The Balaban J connectivity index is 2.26. The van der Waals surface area contributed by atoms with Gasteiger partial charge in [-0.3, -0.25) is 4.79 Å². The predicted molar refractivity (Wildman–Crippen MR) is 83.9 cm³/mol. The molecule has 23 heavy (non-hydrogen) atoms. The van der Waals surface area contributed by atoms with Crippen molar-refractivity contribution in [2.75, 3.05) is 26.0 Å². The van der Waals surface area contributed by atoms with E-state index in [2.05, 4.69) is 15.3 Å². The number of carbonyl (C=O) groups excluding carboxylic acids is 1. The van der Waals surface area contributed by atoms with Crippen LogP contribution in [0.1, 0.15) is 10.5 Å². The zero-order valence-corrected chi connectivity index (χ0v) is 12.6. The summed E-state index contributed by atoms with van der Waals surface area (Å²) in [7, 11) is 1.55. The molecule has 1 atom stereocenters. The number of carbonyl (C=O) groups is 1. The van der Waals surface area contributed by atoms with E-state index in [-0.39, 0.29) is 18.1 Å². The van der Waals surface area contributed by atoms with Gasteiger partial charge in [-0.2, -0.15) is 0 Å². The normalized spacial score (nSPS) is 11.8. The number of hydrogen-bond acceptors (Lipinski definition) is 7. The molecule has 8 heteroatoms. The molecule has 0 radical (unpaired) electrons. The molecule has 1 heterocycles. The number of nitrogens with one attached hydrogen (secondary N) is 1. The summed E-state index contributed by atoms with van der Waals surface area (Å²) in [5.74, 6) is 0.0538. The lowest BCUT2D eigenvalue weighted by Gasteiger charge is -2.11. The van der Waals surface area contributed by atoms with E-state index >= 15 is 0 Å². The Labute approximate surface area is 133 Å². The van der Waals surface area contributed by atoms with Crippen LogP contribution in [0.25, 0.3) is 11.3 Å². The quantitative estimate of drug-likeness (QED) is 0.581. The van der Waals surface area contributed by atoms with E-state index in [1.54, 1.807) is 31.4 Å². The van der Waals surface area contributed by atoms with Gasteiger partial charge in [-0.25, -0.2) is 9.97 Å². The van der Waals surface area contributed by atoms with Crippen LogP contribution >= 0.6 is 0 Å². The molecule has 2 aromatic rings. The zero-order valence-electron chi connectivity index (χ0n) is 12.6. The van der Waals surface area contributed by atoms with Crippen molar-refractivity contribution < 1.29 is 19.7 Å². The molecule has 8 nitrogen and oxygen atoms in total. The third-order valence-electron chi connectivity index (χ3n) is 3.09. The standard InChI is InChI=1S/C15H18N4O4/c1-23-11-4-2-3-9(5-11)12-7-17-14(16)13(19-12)15(22)18-6-10(21)8-20/h2-5,7,10,20-21H,6,8H2,1H3,(H2,16,17)(H,18,22)/t10-/m1/s1. The summed E-state index contributed by atoms with van der Waals surface area (Å²) >= 11 is 0. The molecule has 5 N–H and O–H groups in total.